The van der Waals surface area contributed by atoms with Gasteiger partial charge in [0.2, 0.25) is 0 Å². The van der Waals surface area contributed by atoms with Crippen molar-refractivity contribution >= 4 is 23.5 Å². The van der Waals surface area contributed by atoms with Gasteiger partial charge in [-0.3, -0.25) is 0 Å². The number of rotatable bonds is 4. The number of benzene rings is 2. The Morgan fingerprint density at radius 3 is 2.04 bits per heavy atom. The van der Waals surface area contributed by atoms with E-state index in [4.69, 9.17) is 4.74 Å². The highest BCUT2D eigenvalue weighted by atomic mass is 32.2. The molecule has 0 saturated heterocycles. The van der Waals surface area contributed by atoms with Gasteiger partial charge < -0.3 is 20.1 Å². The van der Waals surface area contributed by atoms with Gasteiger partial charge in [0.05, 0.1) is 13.2 Å². The number of hydrogen-bond acceptors (Lipinski definition) is 6. The predicted molar refractivity (Wildman–Crippen MR) is 91.8 cm³/mol. The summed E-state index contributed by atoms with van der Waals surface area (Å²) in [5.41, 5.74) is 0. The summed E-state index contributed by atoms with van der Waals surface area (Å²) in [6.07, 6.45) is 1.81. The summed E-state index contributed by atoms with van der Waals surface area (Å²) in [5.74, 6) is 0.419. The first-order chi connectivity index (χ1) is 11.0. The van der Waals surface area contributed by atoms with Gasteiger partial charge in [0, 0.05) is 14.7 Å². The quantitative estimate of drug-likeness (QED) is 0.734. The largest absolute Gasteiger partial charge is 0.508 e. The molecule has 1 unspecified atom stereocenters. The second kappa shape index (κ2) is 6.88. The lowest BCUT2D eigenvalue weighted by Gasteiger charge is -2.29. The van der Waals surface area contributed by atoms with Crippen LogP contribution >= 0.6 is 23.5 Å². The minimum atomic E-state index is -1.14. The van der Waals surface area contributed by atoms with Crippen molar-refractivity contribution in [1.82, 2.24) is 0 Å². The number of aliphatic hydroxyl groups is 1. The molecule has 0 fully saturated rings. The van der Waals surface area contributed by atoms with Crippen molar-refractivity contribution in [3.8, 4) is 11.5 Å². The Hall–Kier alpha value is -1.60. The average Bonchev–Trinajstić information content (AvgIpc) is 2.52. The molecule has 0 radical (unpaired) electrons. The Morgan fingerprint density at radius 1 is 0.870 bits per heavy atom. The second-order valence-electron chi connectivity index (χ2n) is 5.14. The van der Waals surface area contributed by atoms with Crippen molar-refractivity contribution in [2.75, 3.05) is 13.2 Å². The van der Waals surface area contributed by atoms with Gasteiger partial charge in [-0.05, 0) is 54.6 Å². The zero-order valence-electron chi connectivity index (χ0n) is 12.2. The number of aromatic hydroxyl groups is 2. The van der Waals surface area contributed by atoms with E-state index in [0.29, 0.717) is 6.61 Å². The van der Waals surface area contributed by atoms with Crippen LogP contribution in [0, 0.1) is 0 Å². The summed E-state index contributed by atoms with van der Waals surface area (Å²) in [5, 5.41) is 29.4. The first-order valence-corrected chi connectivity index (χ1v) is 8.62. The highest BCUT2D eigenvalue weighted by Gasteiger charge is 2.30. The van der Waals surface area contributed by atoms with Crippen molar-refractivity contribution in [3.63, 3.8) is 0 Å². The monoisotopic (exact) mass is 348 g/mol. The van der Waals surface area contributed by atoms with E-state index < -0.39 is 4.93 Å². The number of phenols is 2. The average molecular weight is 348 g/mol. The van der Waals surface area contributed by atoms with E-state index in [1.165, 1.54) is 23.5 Å². The molecule has 1 aliphatic heterocycles. The Kier molecular flexibility index (Phi) is 4.87. The maximum absolute atomic E-state index is 10.7. The van der Waals surface area contributed by atoms with Crippen molar-refractivity contribution < 1.29 is 20.1 Å². The Bertz CT molecular complexity index is 698. The fourth-order valence-electron chi connectivity index (χ4n) is 2.13. The molecule has 2 aromatic carbocycles. The summed E-state index contributed by atoms with van der Waals surface area (Å²) in [6.45, 7) is 0.655. The standard InChI is InChI=1S/C17H16O4S2/c18-12-1-5-14(6-2-12)22-16-9-17(20,11-21-10-16)23-15-7-3-13(19)4-8-15/h1-9,18-20H,10-11H2. The molecule has 4 nitrogen and oxygen atoms in total. The van der Waals surface area contributed by atoms with Gasteiger partial charge in [0.1, 0.15) is 11.5 Å². The van der Waals surface area contributed by atoms with Crippen LogP contribution in [0.5, 0.6) is 11.5 Å². The van der Waals surface area contributed by atoms with Gasteiger partial charge in [-0.25, -0.2) is 0 Å². The predicted octanol–water partition coefficient (Wildman–Crippen LogP) is 3.58. The molecule has 3 rings (SSSR count). The smallest absolute Gasteiger partial charge is 0.158 e. The molecule has 0 amide bonds. The molecule has 0 spiro atoms. The summed E-state index contributed by atoms with van der Waals surface area (Å²) >= 11 is 2.78. The summed E-state index contributed by atoms with van der Waals surface area (Å²) in [4.78, 5) is 1.59. The zero-order valence-corrected chi connectivity index (χ0v) is 13.8. The molecular formula is C17H16O4S2. The van der Waals surface area contributed by atoms with Gasteiger partial charge >= 0.3 is 0 Å². The van der Waals surface area contributed by atoms with Crippen LogP contribution < -0.4 is 0 Å². The minimum Gasteiger partial charge on any atom is -0.508 e. The van der Waals surface area contributed by atoms with Crippen LogP contribution in [0.2, 0.25) is 0 Å². The number of ether oxygens (including phenoxy) is 1. The molecule has 0 aliphatic carbocycles. The lowest BCUT2D eigenvalue weighted by molar-refractivity contribution is 0.0409. The normalized spacial score (nSPS) is 21.0. The lowest BCUT2D eigenvalue weighted by atomic mass is 10.3. The number of thioether (sulfide) groups is 2. The van der Waals surface area contributed by atoms with Crippen LogP contribution in [0.4, 0.5) is 0 Å². The van der Waals surface area contributed by atoms with Crippen LogP contribution in [0.1, 0.15) is 0 Å². The molecule has 1 aliphatic rings. The molecular weight excluding hydrogens is 332 g/mol. The highest BCUT2D eigenvalue weighted by Crippen LogP contribution is 2.39. The molecule has 1 atom stereocenters. The fourth-order valence-corrected chi connectivity index (χ4v) is 4.20. The van der Waals surface area contributed by atoms with E-state index in [-0.39, 0.29) is 18.1 Å². The first kappa shape index (κ1) is 16.3. The van der Waals surface area contributed by atoms with Crippen molar-refractivity contribution in [3.05, 3.63) is 59.5 Å². The number of hydrogen-bond donors (Lipinski definition) is 3. The van der Waals surface area contributed by atoms with Gasteiger partial charge in [-0.15, -0.1) is 0 Å². The van der Waals surface area contributed by atoms with Crippen molar-refractivity contribution in [2.24, 2.45) is 0 Å². The molecule has 1 heterocycles. The molecule has 23 heavy (non-hydrogen) atoms. The van der Waals surface area contributed by atoms with E-state index in [2.05, 4.69) is 0 Å². The van der Waals surface area contributed by atoms with Crippen molar-refractivity contribution in [1.29, 1.82) is 0 Å². The second-order valence-corrected chi connectivity index (χ2v) is 7.72. The minimum absolute atomic E-state index is 0.195. The van der Waals surface area contributed by atoms with Crippen LogP contribution in [0.3, 0.4) is 0 Å². The third-order valence-corrected chi connectivity index (χ3v) is 5.26. The van der Waals surface area contributed by atoms with Crippen LogP contribution in [0.25, 0.3) is 0 Å². The topological polar surface area (TPSA) is 69.9 Å². The van der Waals surface area contributed by atoms with Gasteiger partial charge in [-0.1, -0.05) is 23.5 Å². The van der Waals surface area contributed by atoms with E-state index in [9.17, 15) is 15.3 Å². The molecule has 2 aromatic rings. The Balaban J connectivity index is 1.74. The highest BCUT2D eigenvalue weighted by molar-refractivity contribution is 8.03. The Labute approximate surface area is 142 Å². The summed E-state index contributed by atoms with van der Waals surface area (Å²) in [7, 11) is 0. The SMILES string of the molecule is Oc1ccc(SC2=CC(O)(Sc3ccc(O)cc3)COC2)cc1. The van der Waals surface area contributed by atoms with Gasteiger partial charge in [0.25, 0.3) is 0 Å². The zero-order chi connectivity index (χ0) is 16.3. The van der Waals surface area contributed by atoms with E-state index in [0.717, 1.165) is 14.7 Å². The van der Waals surface area contributed by atoms with Crippen LogP contribution in [-0.2, 0) is 4.74 Å². The Morgan fingerprint density at radius 2 is 1.43 bits per heavy atom. The molecule has 0 aromatic heterocycles. The molecule has 6 heteroatoms. The van der Waals surface area contributed by atoms with E-state index in [1.54, 1.807) is 36.4 Å². The third kappa shape index (κ3) is 4.45. The van der Waals surface area contributed by atoms with Crippen LogP contribution in [-0.4, -0.2) is 33.5 Å². The fraction of sp³-hybridized carbons (Fsp3) is 0.176. The number of phenolic OH excluding ortho intramolecular Hbond substituents is 2. The molecule has 3 N–H and O–H groups in total. The molecule has 120 valence electrons. The molecule has 0 bridgehead atoms. The van der Waals surface area contributed by atoms with Crippen LogP contribution in [0.15, 0.2) is 69.3 Å². The summed E-state index contributed by atoms with van der Waals surface area (Å²) < 4.78 is 5.53. The first-order valence-electron chi connectivity index (χ1n) is 6.99. The van der Waals surface area contributed by atoms with Crippen molar-refractivity contribution in [2.45, 2.75) is 14.7 Å². The van der Waals surface area contributed by atoms with Gasteiger partial charge in [0.15, 0.2) is 4.93 Å². The van der Waals surface area contributed by atoms with E-state index in [1.807, 2.05) is 18.2 Å². The van der Waals surface area contributed by atoms with E-state index >= 15 is 0 Å². The lowest BCUT2D eigenvalue weighted by Crippen LogP contribution is -2.32. The third-order valence-electron chi connectivity index (χ3n) is 3.16. The molecule has 0 saturated carbocycles. The maximum Gasteiger partial charge on any atom is 0.158 e. The summed E-state index contributed by atoms with van der Waals surface area (Å²) in [6, 6.07) is 13.6. The van der Waals surface area contributed by atoms with Gasteiger partial charge in [-0.2, -0.15) is 0 Å². The maximum atomic E-state index is 10.7.